The SMILES string of the molecule is CCOc1cc([C@H]2NN=C(c3ccccc3)S2)cc(Cl)c1OCc1ccc(Br)cc1. The molecule has 0 spiro atoms. The molecule has 0 bridgehead atoms. The van der Waals surface area contributed by atoms with Crippen molar-refractivity contribution < 1.29 is 9.47 Å². The van der Waals surface area contributed by atoms with E-state index in [1.54, 1.807) is 11.8 Å². The minimum Gasteiger partial charge on any atom is -0.490 e. The lowest BCUT2D eigenvalue weighted by Crippen LogP contribution is -2.08. The molecule has 1 aliphatic rings. The molecule has 0 saturated heterocycles. The van der Waals surface area contributed by atoms with Gasteiger partial charge in [-0.05, 0) is 42.3 Å². The molecule has 0 radical (unpaired) electrons. The Morgan fingerprint density at radius 2 is 1.83 bits per heavy atom. The van der Waals surface area contributed by atoms with E-state index in [-0.39, 0.29) is 5.37 Å². The number of ether oxygens (including phenoxy) is 2. The van der Waals surface area contributed by atoms with Crippen molar-refractivity contribution in [3.8, 4) is 11.5 Å². The van der Waals surface area contributed by atoms with Crippen molar-refractivity contribution >= 4 is 44.3 Å². The van der Waals surface area contributed by atoms with Crippen molar-refractivity contribution in [1.29, 1.82) is 0 Å². The third-order valence-corrected chi connectivity index (χ3v) is 6.44. The second kappa shape index (κ2) is 9.77. The fourth-order valence-electron chi connectivity index (χ4n) is 3.02. The summed E-state index contributed by atoms with van der Waals surface area (Å²) in [6.07, 6.45) is 0. The summed E-state index contributed by atoms with van der Waals surface area (Å²) in [6, 6.07) is 22.0. The Bertz CT molecular complexity index is 1050. The van der Waals surface area contributed by atoms with Gasteiger partial charge in [0.05, 0.1) is 11.6 Å². The average Bonchev–Trinajstić information content (AvgIpc) is 3.25. The topological polar surface area (TPSA) is 42.8 Å². The Hall–Kier alpha value is -2.15. The minimum absolute atomic E-state index is 0.0440. The van der Waals surface area contributed by atoms with Crippen LogP contribution in [0.5, 0.6) is 11.5 Å². The lowest BCUT2D eigenvalue weighted by atomic mass is 10.2. The molecule has 1 N–H and O–H groups in total. The van der Waals surface area contributed by atoms with Gasteiger partial charge in [0.15, 0.2) is 11.5 Å². The number of hydrogen-bond donors (Lipinski definition) is 1. The molecule has 0 unspecified atom stereocenters. The fraction of sp³-hybridized carbons (Fsp3) is 0.174. The summed E-state index contributed by atoms with van der Waals surface area (Å²) >= 11 is 11.7. The van der Waals surface area contributed by atoms with Crippen LogP contribution in [0.1, 0.15) is 29.0 Å². The summed E-state index contributed by atoms with van der Waals surface area (Å²) < 4.78 is 12.9. The molecule has 1 aliphatic heterocycles. The molecule has 3 aromatic rings. The summed E-state index contributed by atoms with van der Waals surface area (Å²) in [5.41, 5.74) is 6.31. The molecule has 4 rings (SSSR count). The molecule has 30 heavy (non-hydrogen) atoms. The molecule has 0 aromatic heterocycles. The standard InChI is InChI=1S/C23H20BrClN2O2S/c1-2-28-20-13-17(23-27-26-22(30-23)16-6-4-3-5-7-16)12-19(25)21(20)29-14-15-8-10-18(24)11-9-15/h3-13,23,27H,2,14H2,1H3/t23-/m0/s1. The van der Waals surface area contributed by atoms with Crippen molar-refractivity contribution in [3.63, 3.8) is 0 Å². The van der Waals surface area contributed by atoms with Crippen LogP contribution in [0.4, 0.5) is 0 Å². The van der Waals surface area contributed by atoms with Gasteiger partial charge in [-0.25, -0.2) is 0 Å². The Labute approximate surface area is 193 Å². The highest BCUT2D eigenvalue weighted by Crippen LogP contribution is 2.42. The Morgan fingerprint density at radius 1 is 1.07 bits per heavy atom. The Morgan fingerprint density at radius 3 is 2.57 bits per heavy atom. The third kappa shape index (κ3) is 4.94. The molecular formula is C23H20BrClN2O2S. The van der Waals surface area contributed by atoms with E-state index in [9.17, 15) is 0 Å². The maximum Gasteiger partial charge on any atom is 0.180 e. The van der Waals surface area contributed by atoms with Gasteiger partial charge in [0, 0.05) is 10.0 Å². The first kappa shape index (κ1) is 21.1. The number of hydrogen-bond acceptors (Lipinski definition) is 5. The van der Waals surface area contributed by atoms with Gasteiger partial charge in [0.2, 0.25) is 0 Å². The van der Waals surface area contributed by atoms with Gasteiger partial charge < -0.3 is 9.47 Å². The van der Waals surface area contributed by atoms with Crippen molar-refractivity contribution in [3.05, 3.63) is 92.9 Å². The Kier molecular flexibility index (Phi) is 6.87. The van der Waals surface area contributed by atoms with E-state index in [4.69, 9.17) is 21.1 Å². The quantitative estimate of drug-likeness (QED) is 0.386. The predicted molar refractivity (Wildman–Crippen MR) is 128 cm³/mol. The lowest BCUT2D eigenvalue weighted by molar-refractivity contribution is 0.269. The number of thioether (sulfide) groups is 1. The van der Waals surface area contributed by atoms with E-state index in [1.807, 2.05) is 73.7 Å². The van der Waals surface area contributed by atoms with Gasteiger partial charge >= 0.3 is 0 Å². The van der Waals surface area contributed by atoms with Crippen molar-refractivity contribution in [2.75, 3.05) is 6.61 Å². The zero-order valence-electron chi connectivity index (χ0n) is 16.3. The number of halogens is 2. The van der Waals surface area contributed by atoms with Crippen LogP contribution in [-0.4, -0.2) is 11.7 Å². The molecule has 1 heterocycles. The highest BCUT2D eigenvalue weighted by atomic mass is 79.9. The van der Waals surface area contributed by atoms with Gasteiger partial charge in [-0.2, -0.15) is 5.10 Å². The minimum atomic E-state index is -0.0440. The first-order valence-corrected chi connectivity index (χ1v) is 11.6. The van der Waals surface area contributed by atoms with Gasteiger partial charge in [-0.1, -0.05) is 81.8 Å². The van der Waals surface area contributed by atoms with Gasteiger partial charge in [-0.3, -0.25) is 5.43 Å². The first-order valence-electron chi connectivity index (χ1n) is 9.53. The second-order valence-corrected chi connectivity index (χ2v) is 9.00. The van der Waals surface area contributed by atoms with Crippen LogP contribution >= 0.6 is 39.3 Å². The van der Waals surface area contributed by atoms with Crippen LogP contribution in [0.15, 0.2) is 76.3 Å². The second-order valence-electron chi connectivity index (χ2n) is 6.59. The summed E-state index contributed by atoms with van der Waals surface area (Å²) in [5, 5.41) is 5.91. The molecule has 4 nitrogen and oxygen atoms in total. The van der Waals surface area contributed by atoms with E-state index in [0.29, 0.717) is 29.7 Å². The van der Waals surface area contributed by atoms with Gasteiger partial charge in [0.25, 0.3) is 0 Å². The molecule has 7 heteroatoms. The summed E-state index contributed by atoms with van der Waals surface area (Å²) in [4.78, 5) is 0. The molecule has 1 atom stereocenters. The van der Waals surface area contributed by atoms with Crippen LogP contribution in [0.3, 0.4) is 0 Å². The maximum atomic E-state index is 6.61. The normalized spacial score (nSPS) is 15.4. The zero-order valence-corrected chi connectivity index (χ0v) is 19.4. The van der Waals surface area contributed by atoms with Gasteiger partial charge in [0.1, 0.15) is 17.0 Å². The van der Waals surface area contributed by atoms with Crippen molar-refractivity contribution in [2.45, 2.75) is 18.9 Å². The van der Waals surface area contributed by atoms with E-state index in [2.05, 4.69) is 26.5 Å². The monoisotopic (exact) mass is 502 g/mol. The molecular weight excluding hydrogens is 484 g/mol. The zero-order chi connectivity index (χ0) is 20.9. The van der Waals surface area contributed by atoms with Gasteiger partial charge in [-0.15, -0.1) is 0 Å². The number of benzene rings is 3. The van der Waals surface area contributed by atoms with Crippen molar-refractivity contribution in [2.24, 2.45) is 5.10 Å². The van der Waals surface area contributed by atoms with E-state index < -0.39 is 0 Å². The van der Waals surface area contributed by atoms with E-state index in [0.717, 1.165) is 26.2 Å². The molecule has 0 saturated carbocycles. The summed E-state index contributed by atoms with van der Waals surface area (Å²) in [6.45, 7) is 2.87. The predicted octanol–water partition coefficient (Wildman–Crippen LogP) is 6.78. The average molecular weight is 504 g/mol. The highest BCUT2D eigenvalue weighted by molar-refractivity contribution is 9.10. The van der Waals surface area contributed by atoms with E-state index in [1.165, 1.54) is 0 Å². The van der Waals surface area contributed by atoms with E-state index >= 15 is 0 Å². The lowest BCUT2D eigenvalue weighted by Gasteiger charge is -2.17. The van der Waals surface area contributed by atoms with Crippen molar-refractivity contribution in [1.82, 2.24) is 5.43 Å². The third-order valence-electron chi connectivity index (χ3n) is 4.46. The number of rotatable bonds is 7. The smallest absolute Gasteiger partial charge is 0.180 e. The number of nitrogens with one attached hydrogen (secondary N) is 1. The number of nitrogens with zero attached hydrogens (tertiary/aromatic N) is 1. The summed E-state index contributed by atoms with van der Waals surface area (Å²) in [5.74, 6) is 1.19. The maximum absolute atomic E-state index is 6.61. The van der Waals surface area contributed by atoms with Crippen LogP contribution in [0, 0.1) is 0 Å². The molecule has 3 aromatic carbocycles. The fourth-order valence-corrected chi connectivity index (χ4v) is 4.53. The number of hydrazone groups is 1. The highest BCUT2D eigenvalue weighted by Gasteiger charge is 2.25. The van der Waals surface area contributed by atoms with Crippen LogP contribution in [0.25, 0.3) is 0 Å². The molecule has 0 fully saturated rings. The van der Waals surface area contributed by atoms with Crippen LogP contribution < -0.4 is 14.9 Å². The van der Waals surface area contributed by atoms with Crippen LogP contribution in [0.2, 0.25) is 5.02 Å². The molecule has 154 valence electrons. The largest absolute Gasteiger partial charge is 0.490 e. The Balaban J connectivity index is 1.52. The summed E-state index contributed by atoms with van der Waals surface area (Å²) in [7, 11) is 0. The first-order chi connectivity index (χ1) is 14.6. The molecule has 0 aliphatic carbocycles. The molecule has 0 amide bonds. The van der Waals surface area contributed by atoms with Crippen LogP contribution in [-0.2, 0) is 6.61 Å².